The van der Waals surface area contributed by atoms with Crippen molar-refractivity contribution in [2.24, 2.45) is 5.73 Å². The Balaban J connectivity index is 2.29. The number of hydrogen-bond acceptors (Lipinski definition) is 1. The quantitative estimate of drug-likeness (QED) is 0.621. The van der Waals surface area contributed by atoms with Crippen molar-refractivity contribution < 1.29 is 0 Å². The third-order valence-corrected chi connectivity index (χ3v) is 4.24. The first-order chi connectivity index (χ1) is 7.68. The molecule has 1 aromatic carbocycles. The van der Waals surface area contributed by atoms with E-state index in [0.29, 0.717) is 0 Å². The highest BCUT2D eigenvalue weighted by Gasteiger charge is 2.16. The van der Waals surface area contributed by atoms with Gasteiger partial charge in [0.05, 0.1) is 6.04 Å². The lowest BCUT2D eigenvalue weighted by molar-refractivity contribution is 0.647. The number of hydrogen-bond donors (Lipinski definition) is 1. The highest BCUT2D eigenvalue weighted by atomic mass is 127. The van der Waals surface area contributed by atoms with Gasteiger partial charge in [-0.15, -0.1) is 0 Å². The van der Waals surface area contributed by atoms with Gasteiger partial charge in [-0.25, -0.2) is 0 Å². The van der Waals surface area contributed by atoms with Crippen LogP contribution in [0, 0.1) is 3.57 Å². The summed E-state index contributed by atoms with van der Waals surface area (Å²) in [5, 5.41) is 0.766. The maximum atomic E-state index is 6.31. The Hall–Kier alpha value is -0.0600. The zero-order valence-corrected chi connectivity index (χ0v) is 12.0. The molecular formula is C13H15ClIN. The molecule has 0 aromatic heterocycles. The highest BCUT2D eigenvalue weighted by Crippen LogP contribution is 2.31. The first-order valence-electron chi connectivity index (χ1n) is 5.58. The summed E-state index contributed by atoms with van der Waals surface area (Å²) in [6.45, 7) is 0. The maximum Gasteiger partial charge on any atom is 0.0522 e. The lowest BCUT2D eigenvalue weighted by atomic mass is 9.90. The Morgan fingerprint density at radius 1 is 1.31 bits per heavy atom. The predicted octanol–water partition coefficient (Wildman–Crippen LogP) is 4.44. The zero-order valence-electron chi connectivity index (χ0n) is 9.05. The van der Waals surface area contributed by atoms with Gasteiger partial charge in [0, 0.05) is 8.59 Å². The Morgan fingerprint density at radius 2 is 2.12 bits per heavy atom. The highest BCUT2D eigenvalue weighted by molar-refractivity contribution is 14.1. The summed E-state index contributed by atoms with van der Waals surface area (Å²) >= 11 is 8.34. The average Bonchev–Trinajstić information content (AvgIpc) is 2.32. The van der Waals surface area contributed by atoms with Crippen LogP contribution in [0.5, 0.6) is 0 Å². The van der Waals surface area contributed by atoms with Gasteiger partial charge in [0.25, 0.3) is 0 Å². The van der Waals surface area contributed by atoms with Crippen molar-refractivity contribution in [1.82, 2.24) is 0 Å². The Kier molecular flexibility index (Phi) is 4.27. The van der Waals surface area contributed by atoms with Crippen LogP contribution in [0.2, 0.25) is 5.02 Å². The Labute approximate surface area is 115 Å². The van der Waals surface area contributed by atoms with Gasteiger partial charge in [0.15, 0.2) is 0 Å². The third-order valence-electron chi connectivity index (χ3n) is 3.02. The number of rotatable bonds is 2. The first-order valence-corrected chi connectivity index (χ1v) is 7.03. The van der Waals surface area contributed by atoms with Crippen LogP contribution in [0.15, 0.2) is 29.8 Å². The fourth-order valence-corrected chi connectivity index (χ4v) is 2.95. The van der Waals surface area contributed by atoms with Crippen molar-refractivity contribution in [3.63, 3.8) is 0 Å². The Bertz CT molecular complexity index is 414. The minimum atomic E-state index is 0.0194. The van der Waals surface area contributed by atoms with E-state index in [4.69, 9.17) is 17.3 Å². The summed E-state index contributed by atoms with van der Waals surface area (Å²) < 4.78 is 1.20. The van der Waals surface area contributed by atoms with E-state index in [1.54, 1.807) is 0 Å². The SMILES string of the molecule is NC(C1=CCCCC1)c1cc(Cl)ccc1I. The van der Waals surface area contributed by atoms with Crippen LogP contribution < -0.4 is 5.73 Å². The van der Waals surface area contributed by atoms with Crippen LogP contribution in [0.4, 0.5) is 0 Å². The van der Waals surface area contributed by atoms with Gasteiger partial charge in [0.2, 0.25) is 0 Å². The normalized spacial score (nSPS) is 18.1. The summed E-state index contributed by atoms with van der Waals surface area (Å²) in [7, 11) is 0. The van der Waals surface area contributed by atoms with Crippen LogP contribution >= 0.6 is 34.2 Å². The van der Waals surface area contributed by atoms with Crippen molar-refractivity contribution in [2.75, 3.05) is 0 Å². The van der Waals surface area contributed by atoms with E-state index in [0.717, 1.165) is 17.0 Å². The van der Waals surface area contributed by atoms with E-state index < -0.39 is 0 Å². The average molecular weight is 348 g/mol. The molecule has 0 aliphatic heterocycles. The fraction of sp³-hybridized carbons (Fsp3) is 0.385. The first kappa shape index (κ1) is 12.4. The molecule has 2 N–H and O–H groups in total. The maximum absolute atomic E-state index is 6.31. The standard InChI is InChI=1S/C13H15ClIN/c14-10-6-7-12(15)11(8-10)13(16)9-4-2-1-3-5-9/h4,6-8,13H,1-3,5,16H2. The van der Waals surface area contributed by atoms with E-state index in [2.05, 4.69) is 28.7 Å². The van der Waals surface area contributed by atoms with Crippen molar-refractivity contribution in [1.29, 1.82) is 0 Å². The second-order valence-corrected chi connectivity index (χ2v) is 5.77. The predicted molar refractivity (Wildman–Crippen MR) is 77.6 cm³/mol. The van der Waals surface area contributed by atoms with Gasteiger partial charge >= 0.3 is 0 Å². The molecule has 0 amide bonds. The van der Waals surface area contributed by atoms with Gasteiger partial charge in [-0.3, -0.25) is 0 Å². The lowest BCUT2D eigenvalue weighted by Gasteiger charge is -2.21. The van der Waals surface area contributed by atoms with Crippen molar-refractivity contribution in [2.45, 2.75) is 31.7 Å². The second-order valence-electron chi connectivity index (χ2n) is 4.17. The monoisotopic (exact) mass is 347 g/mol. The van der Waals surface area contributed by atoms with E-state index >= 15 is 0 Å². The molecule has 0 fully saturated rings. The van der Waals surface area contributed by atoms with Crippen LogP contribution in [-0.4, -0.2) is 0 Å². The van der Waals surface area contributed by atoms with Gasteiger partial charge in [0.1, 0.15) is 0 Å². The number of allylic oxidation sites excluding steroid dienone is 1. The van der Waals surface area contributed by atoms with E-state index in [1.807, 2.05) is 18.2 Å². The molecular weight excluding hydrogens is 333 g/mol. The smallest absolute Gasteiger partial charge is 0.0522 e. The fourth-order valence-electron chi connectivity index (χ4n) is 2.10. The lowest BCUT2D eigenvalue weighted by Crippen LogP contribution is -2.16. The van der Waals surface area contributed by atoms with Crippen molar-refractivity contribution in [3.8, 4) is 0 Å². The molecule has 1 aliphatic carbocycles. The molecule has 0 saturated heterocycles. The molecule has 0 heterocycles. The molecule has 1 atom stereocenters. The number of benzene rings is 1. The summed E-state index contributed by atoms with van der Waals surface area (Å²) in [6.07, 6.45) is 7.15. The topological polar surface area (TPSA) is 26.0 Å². The van der Waals surface area contributed by atoms with E-state index in [-0.39, 0.29) is 6.04 Å². The van der Waals surface area contributed by atoms with Crippen molar-refractivity contribution >= 4 is 34.2 Å². The summed E-state index contributed by atoms with van der Waals surface area (Å²) in [4.78, 5) is 0. The molecule has 3 heteroatoms. The molecule has 2 rings (SSSR count). The number of nitrogens with two attached hydrogens (primary N) is 1. The molecule has 1 unspecified atom stereocenters. The summed E-state index contributed by atoms with van der Waals surface area (Å²) in [5.41, 5.74) is 8.83. The van der Waals surface area contributed by atoms with Crippen LogP contribution in [0.3, 0.4) is 0 Å². The molecule has 1 aromatic rings. The Morgan fingerprint density at radius 3 is 2.81 bits per heavy atom. The van der Waals surface area contributed by atoms with Gasteiger partial charge in [-0.05, 0) is 72.0 Å². The van der Waals surface area contributed by atoms with E-state index in [1.165, 1.54) is 28.4 Å². The largest absolute Gasteiger partial charge is 0.321 e. The molecule has 0 spiro atoms. The second kappa shape index (κ2) is 5.52. The van der Waals surface area contributed by atoms with Crippen LogP contribution in [0.1, 0.15) is 37.3 Å². The van der Waals surface area contributed by atoms with Crippen molar-refractivity contribution in [3.05, 3.63) is 44.0 Å². The van der Waals surface area contributed by atoms with Gasteiger partial charge in [-0.2, -0.15) is 0 Å². The molecule has 1 nitrogen and oxygen atoms in total. The summed E-state index contributed by atoms with van der Waals surface area (Å²) in [5.74, 6) is 0. The molecule has 86 valence electrons. The molecule has 0 radical (unpaired) electrons. The van der Waals surface area contributed by atoms with Gasteiger partial charge < -0.3 is 5.73 Å². The molecule has 0 saturated carbocycles. The minimum Gasteiger partial charge on any atom is -0.321 e. The molecule has 1 aliphatic rings. The van der Waals surface area contributed by atoms with E-state index in [9.17, 15) is 0 Å². The molecule has 16 heavy (non-hydrogen) atoms. The van der Waals surface area contributed by atoms with Crippen LogP contribution in [-0.2, 0) is 0 Å². The summed E-state index contributed by atoms with van der Waals surface area (Å²) in [6, 6.07) is 5.95. The van der Waals surface area contributed by atoms with Gasteiger partial charge in [-0.1, -0.05) is 23.3 Å². The number of halogens is 2. The van der Waals surface area contributed by atoms with Crippen LogP contribution in [0.25, 0.3) is 0 Å². The zero-order chi connectivity index (χ0) is 11.5. The minimum absolute atomic E-state index is 0.0194. The molecule has 0 bridgehead atoms. The third kappa shape index (κ3) is 2.79.